The fourth-order valence-corrected chi connectivity index (χ4v) is 2.98. The van der Waals surface area contributed by atoms with E-state index >= 15 is 0 Å². The number of benzene rings is 1. The Morgan fingerprint density at radius 3 is 2.65 bits per heavy atom. The van der Waals surface area contributed by atoms with Crippen molar-refractivity contribution < 1.29 is 9.59 Å². The van der Waals surface area contributed by atoms with Crippen LogP contribution >= 0.6 is 0 Å². The zero-order valence-electron chi connectivity index (χ0n) is 13.6. The SMILES string of the molecule is CNC(=O)c1c(C)[nH]c(/C=C2\C(=O)Nc3cc(C)ccc32)c1C. The number of aryl methyl sites for hydroxylation is 2. The Bertz CT molecular complexity index is 859. The molecule has 1 aliphatic heterocycles. The van der Waals surface area contributed by atoms with Crippen LogP contribution in [0.5, 0.6) is 0 Å². The second-order valence-electron chi connectivity index (χ2n) is 5.80. The third-order valence-electron chi connectivity index (χ3n) is 4.18. The smallest absolute Gasteiger partial charge is 0.256 e. The predicted octanol–water partition coefficient (Wildman–Crippen LogP) is 2.79. The van der Waals surface area contributed by atoms with Crippen LogP contribution in [0.2, 0.25) is 0 Å². The van der Waals surface area contributed by atoms with Crippen LogP contribution in [0, 0.1) is 20.8 Å². The minimum absolute atomic E-state index is 0.126. The lowest BCUT2D eigenvalue weighted by Gasteiger charge is -2.01. The highest BCUT2D eigenvalue weighted by atomic mass is 16.2. The normalized spacial score (nSPS) is 14.8. The molecule has 23 heavy (non-hydrogen) atoms. The molecule has 0 saturated heterocycles. The summed E-state index contributed by atoms with van der Waals surface area (Å²) in [6.07, 6.45) is 1.81. The van der Waals surface area contributed by atoms with Gasteiger partial charge in [-0.05, 0) is 44.0 Å². The molecule has 2 heterocycles. The van der Waals surface area contributed by atoms with Crippen LogP contribution in [0.25, 0.3) is 11.6 Å². The first-order chi connectivity index (χ1) is 10.9. The van der Waals surface area contributed by atoms with Gasteiger partial charge in [-0.15, -0.1) is 0 Å². The van der Waals surface area contributed by atoms with Gasteiger partial charge in [0, 0.05) is 29.7 Å². The van der Waals surface area contributed by atoms with Crippen molar-refractivity contribution in [3.63, 3.8) is 0 Å². The number of nitrogens with one attached hydrogen (secondary N) is 3. The molecule has 0 unspecified atom stereocenters. The van der Waals surface area contributed by atoms with Gasteiger partial charge < -0.3 is 15.6 Å². The monoisotopic (exact) mass is 309 g/mol. The van der Waals surface area contributed by atoms with Gasteiger partial charge in [0.15, 0.2) is 0 Å². The van der Waals surface area contributed by atoms with Crippen LogP contribution < -0.4 is 10.6 Å². The minimum Gasteiger partial charge on any atom is -0.358 e. The van der Waals surface area contributed by atoms with Gasteiger partial charge in [0.2, 0.25) is 0 Å². The van der Waals surface area contributed by atoms with Crippen molar-refractivity contribution in [1.29, 1.82) is 0 Å². The summed E-state index contributed by atoms with van der Waals surface area (Å²) in [7, 11) is 1.61. The van der Waals surface area contributed by atoms with E-state index in [1.54, 1.807) is 7.05 Å². The predicted molar refractivity (Wildman–Crippen MR) is 91.3 cm³/mol. The minimum atomic E-state index is -0.132. The van der Waals surface area contributed by atoms with Gasteiger partial charge in [0.05, 0.1) is 11.1 Å². The summed E-state index contributed by atoms with van der Waals surface area (Å²) in [5, 5.41) is 5.52. The van der Waals surface area contributed by atoms with E-state index in [0.29, 0.717) is 11.1 Å². The zero-order chi connectivity index (χ0) is 16.7. The van der Waals surface area contributed by atoms with Crippen molar-refractivity contribution in [2.45, 2.75) is 20.8 Å². The lowest BCUT2D eigenvalue weighted by atomic mass is 10.0. The zero-order valence-corrected chi connectivity index (χ0v) is 13.6. The molecular weight excluding hydrogens is 290 g/mol. The third-order valence-corrected chi connectivity index (χ3v) is 4.18. The fraction of sp³-hybridized carbons (Fsp3) is 0.222. The average molecular weight is 309 g/mol. The fourth-order valence-electron chi connectivity index (χ4n) is 2.98. The van der Waals surface area contributed by atoms with Crippen LogP contribution in [-0.2, 0) is 4.79 Å². The molecule has 0 fully saturated rings. The van der Waals surface area contributed by atoms with E-state index < -0.39 is 0 Å². The number of aromatic nitrogens is 1. The van der Waals surface area contributed by atoms with Crippen LogP contribution in [0.1, 0.15) is 38.4 Å². The van der Waals surface area contributed by atoms with Crippen molar-refractivity contribution >= 4 is 29.2 Å². The summed E-state index contributed by atoms with van der Waals surface area (Å²) in [5.74, 6) is -0.258. The number of amides is 2. The molecule has 1 aromatic heterocycles. The summed E-state index contributed by atoms with van der Waals surface area (Å²) < 4.78 is 0. The number of fused-ring (bicyclic) bond motifs is 1. The standard InChI is InChI=1S/C18H19N3O2/c1-9-5-6-12-13(17(22)21-15(12)7-9)8-14-10(2)16(11(3)20-14)18(23)19-4/h5-8,20H,1-4H3,(H,19,23)(H,21,22)/b13-8-. The molecule has 0 atom stereocenters. The Morgan fingerprint density at radius 2 is 1.96 bits per heavy atom. The van der Waals surface area contributed by atoms with E-state index in [4.69, 9.17) is 0 Å². The number of H-pyrrole nitrogens is 1. The molecular formula is C18H19N3O2. The molecule has 0 radical (unpaired) electrons. The number of anilines is 1. The Labute approximate surface area is 134 Å². The van der Waals surface area contributed by atoms with Gasteiger partial charge in [0.25, 0.3) is 11.8 Å². The van der Waals surface area contributed by atoms with Gasteiger partial charge in [0.1, 0.15) is 0 Å². The molecule has 5 heteroatoms. The summed E-state index contributed by atoms with van der Waals surface area (Å²) in [4.78, 5) is 27.4. The van der Waals surface area contributed by atoms with Crippen molar-refractivity contribution in [2.24, 2.45) is 0 Å². The molecule has 2 aromatic rings. The highest BCUT2D eigenvalue weighted by molar-refractivity contribution is 6.35. The molecule has 0 bridgehead atoms. The second kappa shape index (κ2) is 5.43. The maximum Gasteiger partial charge on any atom is 0.256 e. The number of carbonyl (C=O) groups excluding carboxylic acids is 2. The van der Waals surface area contributed by atoms with E-state index in [2.05, 4.69) is 15.6 Å². The average Bonchev–Trinajstić information content (AvgIpc) is 2.95. The van der Waals surface area contributed by atoms with Crippen molar-refractivity contribution in [1.82, 2.24) is 10.3 Å². The Hall–Kier alpha value is -2.82. The first-order valence-corrected chi connectivity index (χ1v) is 7.47. The number of hydrogen-bond donors (Lipinski definition) is 3. The molecule has 1 aromatic carbocycles. The first kappa shape index (κ1) is 15.1. The quantitative estimate of drug-likeness (QED) is 0.746. The van der Waals surface area contributed by atoms with Gasteiger partial charge >= 0.3 is 0 Å². The van der Waals surface area contributed by atoms with Gasteiger partial charge in [-0.3, -0.25) is 9.59 Å². The van der Waals surface area contributed by atoms with Crippen LogP contribution in [-0.4, -0.2) is 23.8 Å². The molecule has 2 amide bonds. The summed E-state index contributed by atoms with van der Waals surface area (Å²) in [6, 6.07) is 5.88. The maximum atomic E-state index is 12.3. The Morgan fingerprint density at radius 1 is 1.22 bits per heavy atom. The molecule has 118 valence electrons. The van der Waals surface area contributed by atoms with Crippen molar-refractivity contribution in [3.05, 3.63) is 51.8 Å². The van der Waals surface area contributed by atoms with E-state index in [-0.39, 0.29) is 11.8 Å². The van der Waals surface area contributed by atoms with Crippen LogP contribution in [0.15, 0.2) is 18.2 Å². The molecule has 3 rings (SSSR count). The summed E-state index contributed by atoms with van der Waals surface area (Å²) in [6.45, 7) is 5.72. The largest absolute Gasteiger partial charge is 0.358 e. The van der Waals surface area contributed by atoms with E-state index in [1.807, 2.05) is 45.0 Å². The summed E-state index contributed by atoms with van der Waals surface area (Å²) in [5.41, 5.74) is 6.44. The molecule has 5 nitrogen and oxygen atoms in total. The second-order valence-corrected chi connectivity index (χ2v) is 5.80. The van der Waals surface area contributed by atoms with Crippen molar-refractivity contribution in [3.8, 4) is 0 Å². The van der Waals surface area contributed by atoms with Gasteiger partial charge in [-0.25, -0.2) is 0 Å². The Kier molecular flexibility index (Phi) is 3.56. The van der Waals surface area contributed by atoms with Crippen LogP contribution in [0.3, 0.4) is 0 Å². The van der Waals surface area contributed by atoms with E-state index in [0.717, 1.165) is 33.8 Å². The molecule has 0 spiro atoms. The molecule has 0 saturated carbocycles. The summed E-state index contributed by atoms with van der Waals surface area (Å²) >= 11 is 0. The number of aromatic amines is 1. The highest BCUT2D eigenvalue weighted by Gasteiger charge is 2.25. The molecule has 0 aliphatic carbocycles. The third kappa shape index (κ3) is 2.44. The number of carbonyl (C=O) groups is 2. The first-order valence-electron chi connectivity index (χ1n) is 7.47. The Balaban J connectivity index is 2.10. The van der Waals surface area contributed by atoms with Crippen LogP contribution in [0.4, 0.5) is 5.69 Å². The number of hydrogen-bond acceptors (Lipinski definition) is 2. The maximum absolute atomic E-state index is 12.3. The van der Waals surface area contributed by atoms with E-state index in [1.165, 1.54) is 0 Å². The number of rotatable bonds is 2. The van der Waals surface area contributed by atoms with Gasteiger partial charge in [-0.1, -0.05) is 12.1 Å². The van der Waals surface area contributed by atoms with Gasteiger partial charge in [-0.2, -0.15) is 0 Å². The van der Waals surface area contributed by atoms with Crippen molar-refractivity contribution in [2.75, 3.05) is 12.4 Å². The molecule has 1 aliphatic rings. The lowest BCUT2D eigenvalue weighted by Crippen LogP contribution is -2.19. The lowest BCUT2D eigenvalue weighted by molar-refractivity contribution is -0.110. The van der Waals surface area contributed by atoms with E-state index in [9.17, 15) is 9.59 Å². The highest BCUT2D eigenvalue weighted by Crippen LogP contribution is 2.34. The molecule has 3 N–H and O–H groups in total. The topological polar surface area (TPSA) is 74.0 Å².